The summed E-state index contributed by atoms with van der Waals surface area (Å²) < 4.78 is 0. The fourth-order valence-corrected chi connectivity index (χ4v) is 4.64. The molecule has 2 aromatic rings. The van der Waals surface area contributed by atoms with Crippen molar-refractivity contribution in [1.29, 1.82) is 0 Å². The van der Waals surface area contributed by atoms with Crippen molar-refractivity contribution in [2.75, 3.05) is 0 Å². The molecule has 0 atom stereocenters. The van der Waals surface area contributed by atoms with Crippen molar-refractivity contribution in [3.05, 3.63) is 43.3 Å². The van der Waals surface area contributed by atoms with E-state index in [9.17, 15) is 4.79 Å². The Kier molecular flexibility index (Phi) is 3.35. The van der Waals surface area contributed by atoms with E-state index in [1.54, 1.807) is 22.7 Å². The quantitative estimate of drug-likeness (QED) is 0.578. The second-order valence-corrected chi connectivity index (χ2v) is 6.93. The number of aryl methyl sites for hydroxylation is 3. The van der Waals surface area contributed by atoms with E-state index in [4.69, 9.17) is 0 Å². The van der Waals surface area contributed by atoms with Crippen LogP contribution < -0.4 is 0 Å². The Hall–Kier alpha value is -0.930. The molecule has 1 aliphatic rings. The van der Waals surface area contributed by atoms with Gasteiger partial charge in [-0.1, -0.05) is 6.42 Å². The first-order valence-corrected chi connectivity index (χ1v) is 8.15. The van der Waals surface area contributed by atoms with Crippen LogP contribution in [-0.4, -0.2) is 5.78 Å². The van der Waals surface area contributed by atoms with Crippen molar-refractivity contribution in [3.8, 4) is 0 Å². The first-order valence-electron chi connectivity index (χ1n) is 6.46. The van der Waals surface area contributed by atoms with Gasteiger partial charge in [-0.15, -0.1) is 22.7 Å². The van der Waals surface area contributed by atoms with Crippen LogP contribution in [0.4, 0.5) is 0 Å². The second-order valence-electron chi connectivity index (χ2n) is 4.88. The number of hydrogen-bond acceptors (Lipinski definition) is 3. The molecule has 1 aliphatic carbocycles. The molecule has 0 saturated carbocycles. The Morgan fingerprint density at radius 1 is 1.22 bits per heavy atom. The summed E-state index contributed by atoms with van der Waals surface area (Å²) >= 11 is 3.28. The molecule has 2 aromatic heterocycles. The minimum atomic E-state index is 0.223. The van der Waals surface area contributed by atoms with Gasteiger partial charge < -0.3 is 0 Å². The van der Waals surface area contributed by atoms with E-state index in [2.05, 4.69) is 6.07 Å². The van der Waals surface area contributed by atoms with Crippen molar-refractivity contribution in [2.24, 2.45) is 0 Å². The minimum Gasteiger partial charge on any atom is -0.287 e. The zero-order valence-electron chi connectivity index (χ0n) is 10.5. The van der Waals surface area contributed by atoms with Crippen LogP contribution in [-0.2, 0) is 12.8 Å². The zero-order valence-corrected chi connectivity index (χ0v) is 12.1. The van der Waals surface area contributed by atoms with Crippen LogP contribution in [0.25, 0.3) is 0 Å². The molecule has 1 nitrogen and oxygen atoms in total. The first kappa shape index (κ1) is 12.1. The highest BCUT2D eigenvalue weighted by atomic mass is 32.1. The summed E-state index contributed by atoms with van der Waals surface area (Å²) in [6.45, 7) is 2.02. The van der Waals surface area contributed by atoms with E-state index in [1.807, 2.05) is 18.4 Å². The number of hydrogen-bond donors (Lipinski definition) is 0. The molecule has 0 fully saturated rings. The molecule has 3 rings (SSSR count). The largest absolute Gasteiger partial charge is 0.287 e. The van der Waals surface area contributed by atoms with Gasteiger partial charge >= 0.3 is 0 Å². The van der Waals surface area contributed by atoms with Gasteiger partial charge in [-0.25, -0.2) is 0 Å². The van der Waals surface area contributed by atoms with Crippen LogP contribution in [0.15, 0.2) is 17.5 Å². The lowest BCUT2D eigenvalue weighted by Crippen LogP contribution is -1.97. The molecule has 0 bridgehead atoms. The number of ketones is 1. The molecule has 0 saturated heterocycles. The van der Waals surface area contributed by atoms with Crippen molar-refractivity contribution < 1.29 is 4.79 Å². The lowest BCUT2D eigenvalue weighted by molar-refractivity contribution is 0.104. The maximum absolute atomic E-state index is 12.5. The third-order valence-electron chi connectivity index (χ3n) is 3.54. The molecule has 0 aliphatic heterocycles. The molecule has 18 heavy (non-hydrogen) atoms. The van der Waals surface area contributed by atoms with Gasteiger partial charge in [0.05, 0.1) is 9.75 Å². The van der Waals surface area contributed by atoms with Crippen LogP contribution in [0, 0.1) is 6.92 Å². The predicted molar refractivity (Wildman–Crippen MR) is 78.1 cm³/mol. The van der Waals surface area contributed by atoms with Gasteiger partial charge in [0.15, 0.2) is 0 Å². The molecule has 2 heterocycles. The summed E-state index contributed by atoms with van der Waals surface area (Å²) in [5.74, 6) is 0.223. The smallest absolute Gasteiger partial charge is 0.213 e. The number of thiophene rings is 2. The SMILES string of the molecule is Cc1ccsc1C(=O)c1cc2c(s1)CCCCC2. The molecule has 3 heteroatoms. The molecule has 0 unspecified atom stereocenters. The molecule has 0 N–H and O–H groups in total. The number of carbonyl (C=O) groups is 1. The fraction of sp³-hybridized carbons (Fsp3) is 0.400. The number of fused-ring (bicyclic) bond motifs is 1. The standard InChI is InChI=1S/C15H16OS2/c1-10-7-8-17-15(10)14(16)13-9-11-5-3-2-4-6-12(11)18-13/h7-9H,2-6H2,1H3. The molecule has 0 radical (unpaired) electrons. The van der Waals surface area contributed by atoms with Crippen LogP contribution in [0.3, 0.4) is 0 Å². The van der Waals surface area contributed by atoms with E-state index in [0.717, 1.165) is 28.2 Å². The van der Waals surface area contributed by atoms with Crippen molar-refractivity contribution in [1.82, 2.24) is 0 Å². The van der Waals surface area contributed by atoms with E-state index in [0.29, 0.717) is 0 Å². The molecule has 0 amide bonds. The monoisotopic (exact) mass is 276 g/mol. The highest BCUT2D eigenvalue weighted by Gasteiger charge is 2.19. The van der Waals surface area contributed by atoms with E-state index in [1.165, 1.54) is 29.7 Å². The third kappa shape index (κ3) is 2.17. The zero-order chi connectivity index (χ0) is 12.5. The van der Waals surface area contributed by atoms with Crippen molar-refractivity contribution in [2.45, 2.75) is 39.0 Å². The van der Waals surface area contributed by atoms with Crippen LogP contribution in [0.1, 0.15) is 49.8 Å². The van der Waals surface area contributed by atoms with E-state index < -0.39 is 0 Å². The Morgan fingerprint density at radius 2 is 2.06 bits per heavy atom. The summed E-state index contributed by atoms with van der Waals surface area (Å²) in [6.07, 6.45) is 6.20. The summed E-state index contributed by atoms with van der Waals surface area (Å²) in [5.41, 5.74) is 2.53. The first-order chi connectivity index (χ1) is 8.75. The normalized spacial score (nSPS) is 15.2. The molecule has 0 aromatic carbocycles. The Morgan fingerprint density at radius 3 is 2.83 bits per heavy atom. The van der Waals surface area contributed by atoms with Gasteiger partial charge in [0.25, 0.3) is 0 Å². The lowest BCUT2D eigenvalue weighted by atomic mass is 10.1. The summed E-state index contributed by atoms with van der Waals surface area (Å²) in [4.78, 5) is 15.7. The molecule has 0 spiro atoms. The van der Waals surface area contributed by atoms with E-state index in [-0.39, 0.29) is 5.78 Å². The third-order valence-corrected chi connectivity index (χ3v) is 5.79. The number of carbonyl (C=O) groups excluding carboxylic acids is 1. The van der Waals surface area contributed by atoms with Crippen molar-refractivity contribution >= 4 is 28.5 Å². The average molecular weight is 276 g/mol. The Bertz CT molecular complexity index is 554. The molecule has 94 valence electrons. The van der Waals surface area contributed by atoms with Crippen LogP contribution in [0.5, 0.6) is 0 Å². The Labute approximate surface area is 115 Å². The highest BCUT2D eigenvalue weighted by Crippen LogP contribution is 2.31. The van der Waals surface area contributed by atoms with Gasteiger partial charge in [0, 0.05) is 4.88 Å². The lowest BCUT2D eigenvalue weighted by Gasteiger charge is -1.96. The van der Waals surface area contributed by atoms with Crippen LogP contribution in [0.2, 0.25) is 0 Å². The highest BCUT2D eigenvalue weighted by molar-refractivity contribution is 7.17. The van der Waals surface area contributed by atoms with Gasteiger partial charge in [0.1, 0.15) is 0 Å². The summed E-state index contributed by atoms with van der Waals surface area (Å²) in [6, 6.07) is 4.17. The molecular formula is C15H16OS2. The maximum Gasteiger partial charge on any atom is 0.213 e. The van der Waals surface area contributed by atoms with Crippen molar-refractivity contribution in [3.63, 3.8) is 0 Å². The van der Waals surface area contributed by atoms with Gasteiger partial charge in [0.2, 0.25) is 5.78 Å². The summed E-state index contributed by atoms with van der Waals surface area (Å²) in [5, 5.41) is 2.00. The second kappa shape index (κ2) is 4.98. The van der Waals surface area contributed by atoms with Gasteiger partial charge in [-0.3, -0.25) is 4.79 Å². The van der Waals surface area contributed by atoms with Gasteiger partial charge in [-0.2, -0.15) is 0 Å². The van der Waals surface area contributed by atoms with Crippen LogP contribution >= 0.6 is 22.7 Å². The Balaban J connectivity index is 1.94. The topological polar surface area (TPSA) is 17.1 Å². The maximum atomic E-state index is 12.5. The summed E-state index contributed by atoms with van der Waals surface area (Å²) in [7, 11) is 0. The van der Waals surface area contributed by atoms with E-state index >= 15 is 0 Å². The predicted octanol–water partition coefficient (Wildman–Crippen LogP) is 4.62. The average Bonchev–Trinajstić information content (AvgIpc) is 2.90. The van der Waals surface area contributed by atoms with Gasteiger partial charge in [-0.05, 0) is 61.2 Å². The molecular weight excluding hydrogens is 260 g/mol. The minimum absolute atomic E-state index is 0.223. The fourth-order valence-electron chi connectivity index (χ4n) is 2.50. The number of rotatable bonds is 2.